The first kappa shape index (κ1) is 11.4. The Morgan fingerprint density at radius 2 is 1.94 bits per heavy atom. The molecule has 0 aliphatic rings. The molecule has 0 fully saturated rings. The molecule has 0 aliphatic heterocycles. The lowest BCUT2D eigenvalue weighted by molar-refractivity contribution is 1.34. The molecule has 2 aromatic carbocycles. The van der Waals surface area contributed by atoms with Crippen LogP contribution in [0.2, 0.25) is 0 Å². The van der Waals surface area contributed by atoms with E-state index in [1.807, 2.05) is 11.8 Å². The minimum Gasteiger partial charge on any atom is -0.360 e. The van der Waals surface area contributed by atoms with Gasteiger partial charge in [0.15, 0.2) is 0 Å². The largest absolute Gasteiger partial charge is 0.360 e. The maximum absolute atomic E-state index is 3.31. The van der Waals surface area contributed by atoms with Gasteiger partial charge in [-0.2, -0.15) is 0 Å². The van der Waals surface area contributed by atoms with E-state index in [-0.39, 0.29) is 0 Å². The minimum absolute atomic E-state index is 1.02. The van der Waals surface area contributed by atoms with Crippen LogP contribution >= 0.6 is 11.8 Å². The van der Waals surface area contributed by atoms with E-state index in [2.05, 4.69) is 66.6 Å². The first-order chi connectivity index (χ1) is 8.83. The van der Waals surface area contributed by atoms with E-state index in [1.54, 1.807) is 0 Å². The third-order valence-electron chi connectivity index (χ3n) is 3.03. The van der Waals surface area contributed by atoms with Crippen molar-refractivity contribution in [3.63, 3.8) is 0 Å². The zero-order valence-corrected chi connectivity index (χ0v) is 11.1. The Morgan fingerprint density at radius 1 is 1.06 bits per heavy atom. The van der Waals surface area contributed by atoms with Gasteiger partial charge in [-0.1, -0.05) is 48.0 Å². The van der Waals surface area contributed by atoms with Gasteiger partial charge in [-0.05, 0) is 18.6 Å². The first-order valence-electron chi connectivity index (χ1n) is 6.07. The molecule has 0 radical (unpaired) electrons. The Balaban J connectivity index is 1.81. The van der Waals surface area contributed by atoms with E-state index in [0.717, 1.165) is 5.75 Å². The van der Waals surface area contributed by atoms with Crippen LogP contribution in [0.25, 0.3) is 10.9 Å². The number of aromatic amines is 1. The summed E-state index contributed by atoms with van der Waals surface area (Å²) in [7, 11) is 0. The summed E-state index contributed by atoms with van der Waals surface area (Å²) in [6.07, 6.45) is 2.10. The number of hydrogen-bond donors (Lipinski definition) is 1. The van der Waals surface area contributed by atoms with Crippen LogP contribution < -0.4 is 0 Å². The molecular weight excluding hydrogens is 238 g/mol. The normalized spacial score (nSPS) is 10.9. The fourth-order valence-electron chi connectivity index (χ4n) is 2.13. The van der Waals surface area contributed by atoms with Gasteiger partial charge in [0.05, 0.1) is 0 Å². The van der Waals surface area contributed by atoms with Gasteiger partial charge in [0.1, 0.15) is 0 Å². The number of H-pyrrole nitrogens is 1. The number of para-hydroxylation sites is 1. The van der Waals surface area contributed by atoms with Crippen LogP contribution in [0.3, 0.4) is 0 Å². The molecule has 90 valence electrons. The van der Waals surface area contributed by atoms with Gasteiger partial charge in [0, 0.05) is 27.7 Å². The van der Waals surface area contributed by atoms with E-state index in [1.165, 1.54) is 26.9 Å². The van der Waals surface area contributed by atoms with E-state index in [9.17, 15) is 0 Å². The molecule has 1 heterocycles. The van der Waals surface area contributed by atoms with E-state index < -0.39 is 0 Å². The topological polar surface area (TPSA) is 15.8 Å². The number of rotatable bonds is 3. The summed E-state index contributed by atoms with van der Waals surface area (Å²) in [4.78, 5) is 4.64. The minimum atomic E-state index is 1.02. The fraction of sp³-hybridized carbons (Fsp3) is 0.125. The summed E-state index contributed by atoms with van der Waals surface area (Å²) in [5.41, 5.74) is 3.92. The molecule has 0 saturated heterocycles. The molecule has 2 heteroatoms. The van der Waals surface area contributed by atoms with Crippen molar-refractivity contribution >= 4 is 22.7 Å². The van der Waals surface area contributed by atoms with Gasteiger partial charge >= 0.3 is 0 Å². The first-order valence-corrected chi connectivity index (χ1v) is 7.06. The number of benzene rings is 2. The Labute approximate surface area is 111 Å². The maximum Gasteiger partial charge on any atom is 0.0465 e. The van der Waals surface area contributed by atoms with Crippen LogP contribution in [0.1, 0.15) is 11.1 Å². The van der Waals surface area contributed by atoms with E-state index in [4.69, 9.17) is 0 Å². The SMILES string of the molecule is Cc1cccc(CSc2c[nH]c3ccccc23)c1. The number of aromatic nitrogens is 1. The Bertz CT molecular complexity index is 669. The van der Waals surface area contributed by atoms with Gasteiger partial charge in [0.25, 0.3) is 0 Å². The van der Waals surface area contributed by atoms with Crippen molar-refractivity contribution in [2.45, 2.75) is 17.6 Å². The highest BCUT2D eigenvalue weighted by molar-refractivity contribution is 7.98. The number of nitrogens with one attached hydrogen (secondary N) is 1. The zero-order valence-electron chi connectivity index (χ0n) is 10.3. The lowest BCUT2D eigenvalue weighted by atomic mass is 10.2. The van der Waals surface area contributed by atoms with Crippen LogP contribution in [0, 0.1) is 6.92 Å². The van der Waals surface area contributed by atoms with Crippen LogP contribution in [0.4, 0.5) is 0 Å². The molecule has 1 N–H and O–H groups in total. The van der Waals surface area contributed by atoms with E-state index >= 15 is 0 Å². The monoisotopic (exact) mass is 253 g/mol. The third-order valence-corrected chi connectivity index (χ3v) is 4.15. The highest BCUT2D eigenvalue weighted by Gasteiger charge is 2.03. The quantitative estimate of drug-likeness (QED) is 0.665. The van der Waals surface area contributed by atoms with Crippen LogP contribution in [0.5, 0.6) is 0 Å². The smallest absolute Gasteiger partial charge is 0.0465 e. The molecule has 3 rings (SSSR count). The Kier molecular flexibility index (Phi) is 3.11. The lowest BCUT2D eigenvalue weighted by Gasteiger charge is -2.02. The Hall–Kier alpha value is -1.67. The predicted octanol–water partition coefficient (Wildman–Crippen LogP) is 4.77. The summed E-state index contributed by atoms with van der Waals surface area (Å²) < 4.78 is 0. The molecule has 3 aromatic rings. The molecule has 0 amide bonds. The number of aryl methyl sites for hydroxylation is 1. The summed E-state index contributed by atoms with van der Waals surface area (Å²) in [6.45, 7) is 2.14. The van der Waals surface area contributed by atoms with Crippen molar-refractivity contribution in [3.8, 4) is 0 Å². The van der Waals surface area contributed by atoms with Gasteiger partial charge in [0.2, 0.25) is 0 Å². The van der Waals surface area contributed by atoms with Gasteiger partial charge in [-0.25, -0.2) is 0 Å². The fourth-order valence-corrected chi connectivity index (χ4v) is 3.10. The van der Waals surface area contributed by atoms with Crippen molar-refractivity contribution in [2.75, 3.05) is 0 Å². The van der Waals surface area contributed by atoms with Crippen LogP contribution in [0.15, 0.2) is 59.6 Å². The standard InChI is InChI=1S/C16H15NS/c1-12-5-4-6-13(9-12)11-18-16-10-17-15-8-3-2-7-14(15)16/h2-10,17H,11H2,1H3. The molecule has 18 heavy (non-hydrogen) atoms. The van der Waals surface area contributed by atoms with Gasteiger partial charge in [-0.15, -0.1) is 11.8 Å². The van der Waals surface area contributed by atoms with Crippen molar-refractivity contribution in [2.24, 2.45) is 0 Å². The third kappa shape index (κ3) is 2.29. The molecule has 0 bridgehead atoms. The average molecular weight is 253 g/mol. The highest BCUT2D eigenvalue weighted by atomic mass is 32.2. The van der Waals surface area contributed by atoms with Crippen molar-refractivity contribution in [3.05, 3.63) is 65.9 Å². The van der Waals surface area contributed by atoms with Gasteiger partial charge < -0.3 is 4.98 Å². The molecule has 0 spiro atoms. The number of thioether (sulfide) groups is 1. The summed E-state index contributed by atoms with van der Waals surface area (Å²) in [5.74, 6) is 1.02. The predicted molar refractivity (Wildman–Crippen MR) is 79.0 cm³/mol. The second-order valence-corrected chi connectivity index (χ2v) is 5.49. The summed E-state index contributed by atoms with van der Waals surface area (Å²) in [5, 5.41) is 1.31. The number of fused-ring (bicyclic) bond motifs is 1. The van der Waals surface area contributed by atoms with Crippen LogP contribution in [-0.2, 0) is 5.75 Å². The van der Waals surface area contributed by atoms with Crippen molar-refractivity contribution in [1.82, 2.24) is 4.98 Å². The molecular formula is C16H15NS. The summed E-state index contributed by atoms with van der Waals surface area (Å²) >= 11 is 1.89. The van der Waals surface area contributed by atoms with Crippen molar-refractivity contribution in [1.29, 1.82) is 0 Å². The number of hydrogen-bond acceptors (Lipinski definition) is 1. The lowest BCUT2D eigenvalue weighted by Crippen LogP contribution is -1.81. The molecule has 0 aliphatic carbocycles. The highest BCUT2D eigenvalue weighted by Crippen LogP contribution is 2.30. The molecule has 0 atom stereocenters. The van der Waals surface area contributed by atoms with Crippen molar-refractivity contribution < 1.29 is 0 Å². The molecule has 1 nitrogen and oxygen atoms in total. The molecule has 0 unspecified atom stereocenters. The average Bonchev–Trinajstić information content (AvgIpc) is 2.80. The van der Waals surface area contributed by atoms with E-state index in [0.29, 0.717) is 0 Å². The van der Waals surface area contributed by atoms with Crippen LogP contribution in [-0.4, -0.2) is 4.98 Å². The molecule has 1 aromatic heterocycles. The zero-order chi connectivity index (χ0) is 12.4. The maximum atomic E-state index is 3.31. The molecule has 0 saturated carbocycles. The summed E-state index contributed by atoms with van der Waals surface area (Å²) in [6, 6.07) is 17.1. The van der Waals surface area contributed by atoms with Gasteiger partial charge in [-0.3, -0.25) is 0 Å². The second kappa shape index (κ2) is 4.91. The second-order valence-electron chi connectivity index (χ2n) is 4.48. The Morgan fingerprint density at radius 3 is 2.83 bits per heavy atom.